The molecule has 7 heteroatoms. The standard InChI is InChI=1S/C14H16N2O5.C2H6/c1-3-10-8-13(16(18)19)11(14(17)20-2)9-12(10)15-4-6-21-7-5-15;1-2/h3,8-9H,1,4-7H2,2H3;1-2H3. The molecule has 0 radical (unpaired) electrons. The highest BCUT2D eigenvalue weighted by Crippen LogP contribution is 2.31. The number of morpholine rings is 1. The van der Waals surface area contributed by atoms with Gasteiger partial charge in [0.1, 0.15) is 5.56 Å². The number of anilines is 1. The van der Waals surface area contributed by atoms with Crippen molar-refractivity contribution in [3.05, 3.63) is 40.0 Å². The van der Waals surface area contributed by atoms with Gasteiger partial charge in [-0.05, 0) is 6.07 Å². The van der Waals surface area contributed by atoms with Gasteiger partial charge in [-0.1, -0.05) is 26.5 Å². The summed E-state index contributed by atoms with van der Waals surface area (Å²) in [6.45, 7) is 10.1. The SMILES string of the molecule is C=Cc1cc([N+](=O)[O-])c(C(=O)OC)cc1N1CCOCC1.CC. The smallest absolute Gasteiger partial charge is 0.344 e. The van der Waals surface area contributed by atoms with Crippen LogP contribution in [0.3, 0.4) is 0 Å². The lowest BCUT2D eigenvalue weighted by molar-refractivity contribution is -0.385. The van der Waals surface area contributed by atoms with Gasteiger partial charge >= 0.3 is 5.97 Å². The van der Waals surface area contributed by atoms with Crippen LogP contribution in [0.5, 0.6) is 0 Å². The summed E-state index contributed by atoms with van der Waals surface area (Å²) in [4.78, 5) is 24.3. The number of benzene rings is 1. The maximum absolute atomic E-state index is 11.8. The van der Waals surface area contributed by atoms with E-state index < -0.39 is 10.9 Å². The minimum Gasteiger partial charge on any atom is -0.465 e. The summed E-state index contributed by atoms with van der Waals surface area (Å²) in [5.41, 5.74) is 0.985. The highest BCUT2D eigenvalue weighted by atomic mass is 16.6. The fourth-order valence-electron chi connectivity index (χ4n) is 2.26. The molecule has 0 aromatic heterocycles. The molecule has 1 saturated heterocycles. The molecule has 0 N–H and O–H groups in total. The van der Waals surface area contributed by atoms with Gasteiger partial charge in [0.15, 0.2) is 0 Å². The van der Waals surface area contributed by atoms with E-state index in [1.807, 2.05) is 18.7 Å². The minimum atomic E-state index is -0.730. The Morgan fingerprint density at radius 1 is 1.39 bits per heavy atom. The number of carbonyl (C=O) groups is 1. The van der Waals surface area contributed by atoms with Gasteiger partial charge in [-0.2, -0.15) is 0 Å². The Bertz CT molecular complexity index is 580. The second kappa shape index (κ2) is 8.89. The van der Waals surface area contributed by atoms with Gasteiger partial charge < -0.3 is 14.4 Å². The van der Waals surface area contributed by atoms with E-state index in [-0.39, 0.29) is 11.3 Å². The molecule has 126 valence electrons. The van der Waals surface area contributed by atoms with Crippen LogP contribution in [0, 0.1) is 10.1 Å². The molecule has 0 spiro atoms. The molecule has 1 aliphatic heterocycles. The fourth-order valence-corrected chi connectivity index (χ4v) is 2.26. The van der Waals surface area contributed by atoms with Crippen molar-refractivity contribution in [1.82, 2.24) is 0 Å². The highest BCUT2D eigenvalue weighted by molar-refractivity contribution is 5.96. The molecule has 1 aromatic carbocycles. The molecule has 2 rings (SSSR count). The maximum Gasteiger partial charge on any atom is 0.344 e. The second-order valence-corrected chi connectivity index (χ2v) is 4.48. The van der Waals surface area contributed by atoms with Gasteiger partial charge in [-0.3, -0.25) is 10.1 Å². The molecule has 1 fully saturated rings. The Morgan fingerprint density at radius 2 is 2.00 bits per heavy atom. The zero-order chi connectivity index (χ0) is 17.4. The summed E-state index contributed by atoms with van der Waals surface area (Å²) in [7, 11) is 1.20. The topological polar surface area (TPSA) is 81.9 Å². The van der Waals surface area contributed by atoms with Crippen LogP contribution in [0.1, 0.15) is 29.8 Å². The quantitative estimate of drug-likeness (QED) is 0.481. The molecule has 1 aromatic rings. The van der Waals surface area contributed by atoms with E-state index in [1.54, 1.807) is 6.08 Å². The molecule has 0 unspecified atom stereocenters. The number of esters is 1. The number of hydrogen-bond donors (Lipinski definition) is 0. The molecular formula is C16H22N2O5. The Labute approximate surface area is 135 Å². The molecule has 0 aliphatic carbocycles. The highest BCUT2D eigenvalue weighted by Gasteiger charge is 2.25. The minimum absolute atomic E-state index is 0.0606. The third-order valence-corrected chi connectivity index (χ3v) is 3.32. The number of hydrogen-bond acceptors (Lipinski definition) is 6. The summed E-state index contributed by atoms with van der Waals surface area (Å²) in [6.07, 6.45) is 1.54. The maximum atomic E-state index is 11.8. The number of ether oxygens (including phenoxy) is 2. The molecular weight excluding hydrogens is 300 g/mol. The van der Waals surface area contributed by atoms with Crippen molar-refractivity contribution >= 4 is 23.4 Å². The number of nitro benzene ring substituents is 1. The summed E-state index contributed by atoms with van der Waals surface area (Å²) in [5.74, 6) is -0.730. The lowest BCUT2D eigenvalue weighted by Gasteiger charge is -2.30. The van der Waals surface area contributed by atoms with Gasteiger partial charge in [-0.25, -0.2) is 4.79 Å². The third-order valence-electron chi connectivity index (χ3n) is 3.32. The first-order valence-corrected chi connectivity index (χ1v) is 7.44. The largest absolute Gasteiger partial charge is 0.465 e. The second-order valence-electron chi connectivity index (χ2n) is 4.48. The van der Waals surface area contributed by atoms with Crippen LogP contribution >= 0.6 is 0 Å². The predicted molar refractivity (Wildman–Crippen MR) is 88.9 cm³/mol. The molecule has 23 heavy (non-hydrogen) atoms. The average molecular weight is 322 g/mol. The number of methoxy groups -OCH3 is 1. The van der Waals surface area contributed by atoms with Crippen molar-refractivity contribution in [3.8, 4) is 0 Å². The van der Waals surface area contributed by atoms with Crippen molar-refractivity contribution in [2.45, 2.75) is 13.8 Å². The van der Waals surface area contributed by atoms with Gasteiger partial charge in [0.2, 0.25) is 0 Å². The first-order valence-electron chi connectivity index (χ1n) is 7.44. The first-order chi connectivity index (χ1) is 11.1. The van der Waals surface area contributed by atoms with E-state index >= 15 is 0 Å². The van der Waals surface area contributed by atoms with E-state index in [1.165, 1.54) is 19.2 Å². The Morgan fingerprint density at radius 3 is 2.48 bits per heavy atom. The lowest BCUT2D eigenvalue weighted by atomic mass is 10.0. The van der Waals surface area contributed by atoms with Crippen molar-refractivity contribution in [2.75, 3.05) is 38.3 Å². The molecule has 7 nitrogen and oxygen atoms in total. The Balaban J connectivity index is 0.00000127. The van der Waals surface area contributed by atoms with Crippen LogP contribution in [-0.2, 0) is 9.47 Å². The van der Waals surface area contributed by atoms with E-state index in [4.69, 9.17) is 4.74 Å². The molecule has 1 aliphatic rings. The van der Waals surface area contributed by atoms with Crippen molar-refractivity contribution in [3.63, 3.8) is 0 Å². The van der Waals surface area contributed by atoms with Gasteiger partial charge in [-0.15, -0.1) is 0 Å². The zero-order valence-corrected chi connectivity index (χ0v) is 13.7. The predicted octanol–water partition coefficient (Wildman–Crippen LogP) is 2.89. The van der Waals surface area contributed by atoms with Crippen LogP contribution in [0.4, 0.5) is 11.4 Å². The Hall–Kier alpha value is -2.41. The van der Waals surface area contributed by atoms with Crippen LogP contribution in [0.2, 0.25) is 0 Å². The van der Waals surface area contributed by atoms with E-state index in [9.17, 15) is 14.9 Å². The number of nitro groups is 1. The fraction of sp³-hybridized carbons (Fsp3) is 0.438. The van der Waals surface area contributed by atoms with Crippen LogP contribution < -0.4 is 4.90 Å². The van der Waals surface area contributed by atoms with Gasteiger partial charge in [0.25, 0.3) is 5.69 Å². The normalized spacial score (nSPS) is 13.6. The van der Waals surface area contributed by atoms with E-state index in [0.29, 0.717) is 31.9 Å². The van der Waals surface area contributed by atoms with E-state index in [0.717, 1.165) is 5.69 Å². The van der Waals surface area contributed by atoms with Crippen molar-refractivity contribution in [2.24, 2.45) is 0 Å². The molecule has 0 atom stereocenters. The zero-order valence-electron chi connectivity index (χ0n) is 13.7. The number of nitrogens with zero attached hydrogens (tertiary/aromatic N) is 2. The van der Waals surface area contributed by atoms with Gasteiger partial charge in [0.05, 0.1) is 25.2 Å². The van der Waals surface area contributed by atoms with Crippen LogP contribution in [0.15, 0.2) is 18.7 Å². The summed E-state index contributed by atoms with van der Waals surface area (Å²) >= 11 is 0. The monoisotopic (exact) mass is 322 g/mol. The van der Waals surface area contributed by atoms with Crippen LogP contribution in [0.25, 0.3) is 6.08 Å². The number of carbonyl (C=O) groups excluding carboxylic acids is 1. The molecule has 0 amide bonds. The summed E-state index contributed by atoms with van der Waals surface area (Å²) in [6, 6.07) is 2.84. The van der Waals surface area contributed by atoms with Crippen molar-refractivity contribution < 1.29 is 19.2 Å². The summed E-state index contributed by atoms with van der Waals surface area (Å²) < 4.78 is 9.92. The third kappa shape index (κ3) is 4.29. The van der Waals surface area contributed by atoms with Gasteiger partial charge in [0, 0.05) is 30.4 Å². The average Bonchev–Trinajstić information content (AvgIpc) is 2.62. The molecule has 0 saturated carbocycles. The first kappa shape index (κ1) is 18.6. The summed E-state index contributed by atoms with van der Waals surface area (Å²) in [5, 5.41) is 11.1. The van der Waals surface area contributed by atoms with E-state index in [2.05, 4.69) is 11.3 Å². The lowest BCUT2D eigenvalue weighted by Crippen LogP contribution is -2.36. The van der Waals surface area contributed by atoms with Crippen molar-refractivity contribution in [1.29, 1.82) is 0 Å². The molecule has 0 bridgehead atoms. The Kier molecular flexibility index (Phi) is 7.21. The van der Waals surface area contributed by atoms with Crippen LogP contribution in [-0.4, -0.2) is 44.3 Å². The molecule has 1 heterocycles. The number of rotatable bonds is 4.